The maximum Gasteiger partial charge on any atom is 0.00966 e. The summed E-state index contributed by atoms with van der Waals surface area (Å²) in [5.41, 5.74) is 0.799. The molecule has 0 aromatic rings. The maximum absolute atomic E-state index is 3.66. The Morgan fingerprint density at radius 2 is 1.33 bits per heavy atom. The quantitative estimate of drug-likeness (QED) is 0.743. The normalized spacial score (nSPS) is 26.3. The van der Waals surface area contributed by atoms with Gasteiger partial charge in [0, 0.05) is 5.54 Å². The molecule has 1 aliphatic rings. The van der Waals surface area contributed by atoms with Gasteiger partial charge in [0.25, 0.3) is 0 Å². The van der Waals surface area contributed by atoms with Crippen molar-refractivity contribution >= 4 is 0 Å². The van der Waals surface area contributed by atoms with Gasteiger partial charge >= 0.3 is 0 Å². The van der Waals surface area contributed by atoms with Gasteiger partial charge in [-0.05, 0) is 70.3 Å². The Morgan fingerprint density at radius 3 is 1.78 bits per heavy atom. The first kappa shape index (κ1) is 16.0. The fraction of sp³-hybridized carbons (Fsp3) is 1.00. The highest BCUT2D eigenvalue weighted by Gasteiger charge is 2.23. The summed E-state index contributed by atoms with van der Waals surface area (Å²) in [6.07, 6.45) is 8.65. The van der Waals surface area contributed by atoms with E-state index in [0.717, 1.165) is 11.8 Å². The third-order valence-corrected chi connectivity index (χ3v) is 4.19. The van der Waals surface area contributed by atoms with Gasteiger partial charge in [0.2, 0.25) is 0 Å². The first-order valence-electron chi connectivity index (χ1n) is 7.91. The van der Waals surface area contributed by atoms with E-state index in [9.17, 15) is 0 Å². The van der Waals surface area contributed by atoms with Crippen molar-refractivity contribution in [1.82, 2.24) is 5.32 Å². The number of hydrogen-bond donors (Lipinski definition) is 1. The van der Waals surface area contributed by atoms with Crippen LogP contribution in [0.15, 0.2) is 0 Å². The third-order valence-electron chi connectivity index (χ3n) is 4.19. The summed E-state index contributed by atoms with van der Waals surface area (Å²) in [6, 6.07) is 0. The van der Waals surface area contributed by atoms with Crippen molar-refractivity contribution in [3.8, 4) is 0 Å². The van der Waals surface area contributed by atoms with Gasteiger partial charge < -0.3 is 5.32 Å². The lowest BCUT2D eigenvalue weighted by Crippen LogP contribution is -2.39. The van der Waals surface area contributed by atoms with Crippen molar-refractivity contribution in [3.05, 3.63) is 0 Å². The lowest BCUT2D eigenvalue weighted by molar-refractivity contribution is 0.220. The van der Waals surface area contributed by atoms with E-state index in [1.807, 2.05) is 0 Å². The van der Waals surface area contributed by atoms with Crippen molar-refractivity contribution in [2.24, 2.45) is 17.3 Å². The summed E-state index contributed by atoms with van der Waals surface area (Å²) in [7, 11) is 0. The molecule has 0 atom stereocenters. The average molecular weight is 253 g/mol. The number of rotatable bonds is 4. The third kappa shape index (κ3) is 7.41. The summed E-state index contributed by atoms with van der Waals surface area (Å²) in [4.78, 5) is 0. The van der Waals surface area contributed by atoms with Gasteiger partial charge in [-0.1, -0.05) is 33.6 Å². The number of hydrogen-bond acceptors (Lipinski definition) is 1. The highest BCUT2D eigenvalue weighted by molar-refractivity contribution is 4.78. The second-order valence-corrected chi connectivity index (χ2v) is 8.62. The standard InChI is InChI=1S/C17H35N/c1-16(2,3)12-11-14-7-9-15(10-8-14)13-18-17(4,5)6/h14-15,18H,7-13H2,1-6H3. The van der Waals surface area contributed by atoms with Crippen molar-refractivity contribution < 1.29 is 0 Å². The molecule has 108 valence electrons. The van der Waals surface area contributed by atoms with E-state index >= 15 is 0 Å². The molecule has 0 amide bonds. The minimum Gasteiger partial charge on any atom is -0.312 e. The van der Waals surface area contributed by atoms with E-state index in [0.29, 0.717) is 5.41 Å². The molecule has 0 aromatic heterocycles. The van der Waals surface area contributed by atoms with E-state index in [4.69, 9.17) is 0 Å². The molecule has 0 bridgehead atoms. The van der Waals surface area contributed by atoms with Crippen LogP contribution in [0.5, 0.6) is 0 Å². The zero-order valence-corrected chi connectivity index (χ0v) is 13.6. The molecule has 0 aromatic carbocycles. The summed E-state index contributed by atoms with van der Waals surface area (Å²) < 4.78 is 0. The highest BCUT2D eigenvalue weighted by atomic mass is 14.9. The van der Waals surface area contributed by atoms with Gasteiger partial charge in [-0.15, -0.1) is 0 Å². The minimum atomic E-state index is 0.281. The topological polar surface area (TPSA) is 12.0 Å². The average Bonchev–Trinajstić information content (AvgIpc) is 2.23. The SMILES string of the molecule is CC(C)(C)CCC1CCC(CNC(C)(C)C)CC1. The molecular formula is C17H35N. The molecule has 0 spiro atoms. The monoisotopic (exact) mass is 253 g/mol. The smallest absolute Gasteiger partial charge is 0.00966 e. The molecular weight excluding hydrogens is 218 g/mol. The summed E-state index contributed by atoms with van der Waals surface area (Å²) in [5.74, 6) is 1.94. The summed E-state index contributed by atoms with van der Waals surface area (Å²) in [5, 5.41) is 3.66. The van der Waals surface area contributed by atoms with Gasteiger partial charge in [-0.25, -0.2) is 0 Å². The van der Waals surface area contributed by atoms with Crippen LogP contribution in [0, 0.1) is 17.3 Å². The number of nitrogens with one attached hydrogen (secondary N) is 1. The Kier molecular flexibility index (Phi) is 5.70. The second-order valence-electron chi connectivity index (χ2n) is 8.62. The van der Waals surface area contributed by atoms with Crippen molar-refractivity contribution in [2.45, 2.75) is 85.6 Å². The molecule has 0 heterocycles. The van der Waals surface area contributed by atoms with Gasteiger partial charge in [-0.3, -0.25) is 0 Å². The molecule has 1 heteroatoms. The van der Waals surface area contributed by atoms with Crippen LogP contribution in [0.25, 0.3) is 0 Å². The Hall–Kier alpha value is -0.0400. The van der Waals surface area contributed by atoms with Crippen LogP contribution in [-0.2, 0) is 0 Å². The fourth-order valence-electron chi connectivity index (χ4n) is 2.81. The molecule has 0 unspecified atom stereocenters. The van der Waals surface area contributed by atoms with Crippen LogP contribution in [0.1, 0.15) is 80.1 Å². The van der Waals surface area contributed by atoms with E-state index in [-0.39, 0.29) is 5.54 Å². The van der Waals surface area contributed by atoms with Gasteiger partial charge in [0.1, 0.15) is 0 Å². The van der Waals surface area contributed by atoms with Crippen molar-refractivity contribution in [3.63, 3.8) is 0 Å². The van der Waals surface area contributed by atoms with Crippen molar-refractivity contribution in [1.29, 1.82) is 0 Å². The van der Waals surface area contributed by atoms with Crippen molar-refractivity contribution in [2.75, 3.05) is 6.54 Å². The van der Waals surface area contributed by atoms with E-state index in [2.05, 4.69) is 46.9 Å². The Labute approximate surface area is 115 Å². The second kappa shape index (κ2) is 6.41. The van der Waals surface area contributed by atoms with Crippen LogP contribution >= 0.6 is 0 Å². The molecule has 1 aliphatic carbocycles. The maximum atomic E-state index is 3.66. The van der Waals surface area contributed by atoms with Gasteiger partial charge in [0.15, 0.2) is 0 Å². The zero-order valence-electron chi connectivity index (χ0n) is 13.6. The minimum absolute atomic E-state index is 0.281. The van der Waals surface area contributed by atoms with E-state index in [1.165, 1.54) is 45.1 Å². The lowest BCUT2D eigenvalue weighted by atomic mass is 9.77. The molecule has 1 saturated carbocycles. The molecule has 1 rings (SSSR count). The first-order valence-corrected chi connectivity index (χ1v) is 7.91. The predicted molar refractivity (Wildman–Crippen MR) is 81.9 cm³/mol. The van der Waals surface area contributed by atoms with Gasteiger partial charge in [-0.2, -0.15) is 0 Å². The molecule has 0 saturated heterocycles. The van der Waals surface area contributed by atoms with E-state index in [1.54, 1.807) is 0 Å². The fourth-order valence-corrected chi connectivity index (χ4v) is 2.81. The molecule has 1 nitrogen and oxygen atoms in total. The van der Waals surface area contributed by atoms with Crippen LogP contribution in [0.3, 0.4) is 0 Å². The Morgan fingerprint density at radius 1 is 0.833 bits per heavy atom. The molecule has 0 radical (unpaired) electrons. The molecule has 0 aliphatic heterocycles. The predicted octanol–water partition coefficient (Wildman–Crippen LogP) is 5.01. The Balaban J connectivity index is 2.17. The largest absolute Gasteiger partial charge is 0.312 e. The van der Waals surface area contributed by atoms with Crippen LogP contribution in [-0.4, -0.2) is 12.1 Å². The molecule has 1 fully saturated rings. The van der Waals surface area contributed by atoms with E-state index < -0.39 is 0 Å². The molecule has 18 heavy (non-hydrogen) atoms. The Bertz CT molecular complexity index is 197. The van der Waals surface area contributed by atoms with Gasteiger partial charge in [0.05, 0.1) is 0 Å². The summed E-state index contributed by atoms with van der Waals surface area (Å²) in [6.45, 7) is 15.1. The van der Waals surface area contributed by atoms with Crippen LogP contribution < -0.4 is 5.32 Å². The zero-order chi connectivity index (χ0) is 13.8. The highest BCUT2D eigenvalue weighted by Crippen LogP contribution is 2.34. The molecule has 1 N–H and O–H groups in total. The first-order chi connectivity index (χ1) is 8.16. The lowest BCUT2D eigenvalue weighted by Gasteiger charge is -2.32. The van der Waals surface area contributed by atoms with Crippen LogP contribution in [0.2, 0.25) is 0 Å². The van der Waals surface area contributed by atoms with Crippen LogP contribution in [0.4, 0.5) is 0 Å². The summed E-state index contributed by atoms with van der Waals surface area (Å²) >= 11 is 0.